The number of hydrogen-bond acceptors (Lipinski definition) is 4. The number of nitrogens with zero attached hydrogens (tertiary/aromatic N) is 5. The van der Waals surface area contributed by atoms with Gasteiger partial charge in [-0.1, -0.05) is 38.5 Å². The van der Waals surface area contributed by atoms with E-state index >= 15 is 0 Å². The number of piperidine rings is 1. The maximum absolute atomic E-state index is 13.8. The fourth-order valence-electron chi connectivity index (χ4n) is 5.36. The summed E-state index contributed by atoms with van der Waals surface area (Å²) in [5.41, 5.74) is 2.59. The maximum Gasteiger partial charge on any atom is 0.272 e. The number of fused-ring (bicyclic) bond motifs is 3. The molecule has 2 atom stereocenters. The molecule has 0 spiro atoms. The first-order valence-corrected chi connectivity index (χ1v) is 12.4. The van der Waals surface area contributed by atoms with Gasteiger partial charge in [0.2, 0.25) is 5.91 Å². The standard InChI is InChI=1S/C26H37N5O2/c1-4-16-31-24(13-15-27-31)26(33)29-18-20-9-6-7-12-23(20)30(25(32)5-2)17-14-21-10-8-11-22(19-29)28(21)3/h6-7,9,12-13,15,21-22H,4-5,8,10-11,14,16-19H2,1-3H3. The van der Waals surface area contributed by atoms with Gasteiger partial charge in [-0.3, -0.25) is 19.2 Å². The molecule has 0 N–H and O–H groups in total. The van der Waals surface area contributed by atoms with E-state index in [1.807, 2.05) is 45.7 Å². The molecule has 2 aliphatic rings. The number of aromatic nitrogens is 2. The highest BCUT2D eigenvalue weighted by atomic mass is 16.2. The van der Waals surface area contributed by atoms with Crippen molar-refractivity contribution in [2.24, 2.45) is 0 Å². The van der Waals surface area contributed by atoms with Crippen LogP contribution >= 0.6 is 0 Å². The van der Waals surface area contributed by atoms with E-state index in [1.54, 1.807) is 6.20 Å². The van der Waals surface area contributed by atoms with Gasteiger partial charge in [-0.15, -0.1) is 0 Å². The van der Waals surface area contributed by atoms with Gasteiger partial charge in [-0.2, -0.15) is 5.10 Å². The van der Waals surface area contributed by atoms with Gasteiger partial charge in [0, 0.05) is 56.6 Å². The third-order valence-corrected chi connectivity index (χ3v) is 7.25. The van der Waals surface area contributed by atoms with Crippen LogP contribution in [0.5, 0.6) is 0 Å². The van der Waals surface area contributed by atoms with Crippen molar-refractivity contribution < 1.29 is 9.59 Å². The molecule has 1 aromatic carbocycles. The molecule has 2 bridgehead atoms. The second-order valence-corrected chi connectivity index (χ2v) is 9.35. The van der Waals surface area contributed by atoms with Gasteiger partial charge in [0.1, 0.15) is 5.69 Å². The Balaban J connectivity index is 1.75. The van der Waals surface area contributed by atoms with Gasteiger partial charge in [0.25, 0.3) is 5.91 Å². The number of carbonyl (C=O) groups excluding carboxylic acids is 2. The molecule has 33 heavy (non-hydrogen) atoms. The molecular weight excluding hydrogens is 414 g/mol. The lowest BCUT2D eigenvalue weighted by Crippen LogP contribution is -2.51. The number of para-hydroxylation sites is 1. The topological polar surface area (TPSA) is 61.7 Å². The van der Waals surface area contributed by atoms with Crippen LogP contribution in [0.1, 0.15) is 68.4 Å². The third-order valence-electron chi connectivity index (χ3n) is 7.25. The predicted octanol–water partition coefficient (Wildman–Crippen LogP) is 3.94. The number of hydrogen-bond donors (Lipinski definition) is 0. The van der Waals surface area contributed by atoms with Crippen LogP contribution in [0.15, 0.2) is 36.5 Å². The smallest absolute Gasteiger partial charge is 0.272 e. The molecule has 178 valence electrons. The summed E-state index contributed by atoms with van der Waals surface area (Å²) < 4.78 is 1.82. The lowest BCUT2D eigenvalue weighted by molar-refractivity contribution is -0.118. The average molecular weight is 452 g/mol. The minimum absolute atomic E-state index is 0.0129. The molecule has 2 unspecified atom stereocenters. The molecular formula is C26H37N5O2. The van der Waals surface area contributed by atoms with Gasteiger partial charge in [-0.25, -0.2) is 0 Å². The molecule has 0 radical (unpaired) electrons. The minimum atomic E-state index is 0.0129. The molecule has 4 rings (SSSR count). The first-order valence-electron chi connectivity index (χ1n) is 12.4. The number of anilines is 1. The monoisotopic (exact) mass is 451 g/mol. The summed E-state index contributed by atoms with van der Waals surface area (Å²) in [5, 5.41) is 4.39. The third kappa shape index (κ3) is 4.98. The van der Waals surface area contributed by atoms with Crippen molar-refractivity contribution in [1.82, 2.24) is 19.6 Å². The lowest BCUT2D eigenvalue weighted by atomic mass is 9.93. The summed E-state index contributed by atoms with van der Waals surface area (Å²) in [6, 6.07) is 10.6. The zero-order valence-corrected chi connectivity index (χ0v) is 20.2. The normalized spacial score (nSPS) is 21.9. The Morgan fingerprint density at radius 3 is 2.64 bits per heavy atom. The zero-order valence-electron chi connectivity index (χ0n) is 20.2. The van der Waals surface area contributed by atoms with Gasteiger partial charge < -0.3 is 9.80 Å². The van der Waals surface area contributed by atoms with E-state index in [2.05, 4.69) is 30.0 Å². The Bertz CT molecular complexity index is 971. The SMILES string of the molecule is CCCn1nccc1C(=O)N1Cc2ccccc2N(C(=O)CC)CCC2CCCC(C1)N2C. The van der Waals surface area contributed by atoms with Crippen molar-refractivity contribution in [2.45, 2.75) is 77.5 Å². The molecule has 2 amide bonds. The molecule has 1 saturated heterocycles. The number of benzene rings is 1. The molecule has 0 aliphatic carbocycles. The van der Waals surface area contributed by atoms with Crippen LogP contribution in [0.25, 0.3) is 0 Å². The van der Waals surface area contributed by atoms with Crippen molar-refractivity contribution >= 4 is 17.5 Å². The molecule has 7 nitrogen and oxygen atoms in total. The summed E-state index contributed by atoms with van der Waals surface area (Å²) in [4.78, 5) is 33.2. The summed E-state index contributed by atoms with van der Waals surface area (Å²) >= 11 is 0. The maximum atomic E-state index is 13.8. The Hall–Kier alpha value is -2.67. The van der Waals surface area contributed by atoms with Crippen molar-refractivity contribution in [1.29, 1.82) is 0 Å². The van der Waals surface area contributed by atoms with E-state index in [4.69, 9.17) is 0 Å². The quantitative estimate of drug-likeness (QED) is 0.707. The lowest BCUT2D eigenvalue weighted by Gasteiger charge is -2.41. The molecule has 3 heterocycles. The molecule has 7 heteroatoms. The van der Waals surface area contributed by atoms with E-state index in [0.29, 0.717) is 43.8 Å². The first-order chi connectivity index (χ1) is 16.0. The molecule has 1 fully saturated rings. The number of amides is 2. The Labute approximate surface area is 197 Å². The summed E-state index contributed by atoms with van der Waals surface area (Å²) in [7, 11) is 2.19. The molecule has 2 aliphatic heterocycles. The molecule has 0 saturated carbocycles. The van der Waals surface area contributed by atoms with E-state index in [9.17, 15) is 9.59 Å². The summed E-state index contributed by atoms with van der Waals surface area (Å²) in [6.45, 7) is 6.61. The fraction of sp³-hybridized carbons (Fsp3) is 0.577. The highest BCUT2D eigenvalue weighted by molar-refractivity contribution is 5.95. The van der Waals surface area contributed by atoms with Crippen LogP contribution in [0.3, 0.4) is 0 Å². The van der Waals surface area contributed by atoms with E-state index in [-0.39, 0.29) is 11.8 Å². The number of likely N-dealkylation sites (N-methyl/N-ethyl adjacent to an activating group) is 1. The largest absolute Gasteiger partial charge is 0.331 e. The second-order valence-electron chi connectivity index (χ2n) is 9.35. The number of carbonyl (C=O) groups is 2. The second kappa shape index (κ2) is 10.5. The van der Waals surface area contributed by atoms with Crippen molar-refractivity contribution in [2.75, 3.05) is 25.0 Å². The van der Waals surface area contributed by atoms with E-state index in [0.717, 1.165) is 49.9 Å². The summed E-state index contributed by atoms with van der Waals surface area (Å²) in [6.07, 6.45) is 7.44. The minimum Gasteiger partial charge on any atom is -0.331 e. The van der Waals surface area contributed by atoms with Crippen LogP contribution in [0.2, 0.25) is 0 Å². The van der Waals surface area contributed by atoms with Crippen LogP contribution in [-0.4, -0.2) is 63.6 Å². The van der Waals surface area contributed by atoms with Crippen molar-refractivity contribution in [3.05, 3.63) is 47.8 Å². The highest BCUT2D eigenvalue weighted by Gasteiger charge is 2.33. The van der Waals surface area contributed by atoms with Gasteiger partial charge in [0.15, 0.2) is 0 Å². The van der Waals surface area contributed by atoms with Crippen LogP contribution < -0.4 is 4.90 Å². The van der Waals surface area contributed by atoms with Gasteiger partial charge in [-0.05, 0) is 50.4 Å². The van der Waals surface area contributed by atoms with Crippen molar-refractivity contribution in [3.63, 3.8) is 0 Å². The van der Waals surface area contributed by atoms with Gasteiger partial charge in [0.05, 0.1) is 0 Å². The Kier molecular flexibility index (Phi) is 7.48. The molecule has 2 aromatic rings. The predicted molar refractivity (Wildman–Crippen MR) is 130 cm³/mol. The first kappa shape index (κ1) is 23.5. The summed E-state index contributed by atoms with van der Waals surface area (Å²) in [5.74, 6) is 0.148. The Morgan fingerprint density at radius 1 is 1.06 bits per heavy atom. The van der Waals surface area contributed by atoms with E-state index in [1.165, 1.54) is 0 Å². The molecule has 1 aromatic heterocycles. The van der Waals surface area contributed by atoms with E-state index < -0.39 is 0 Å². The van der Waals surface area contributed by atoms with Crippen LogP contribution in [-0.2, 0) is 17.9 Å². The van der Waals surface area contributed by atoms with Gasteiger partial charge >= 0.3 is 0 Å². The highest BCUT2D eigenvalue weighted by Crippen LogP contribution is 2.30. The van der Waals surface area contributed by atoms with Crippen LogP contribution in [0.4, 0.5) is 5.69 Å². The zero-order chi connectivity index (χ0) is 23.4. The Morgan fingerprint density at radius 2 is 1.85 bits per heavy atom. The number of aryl methyl sites for hydroxylation is 1. The average Bonchev–Trinajstić information content (AvgIpc) is 3.29. The number of rotatable bonds is 4. The fourth-order valence-corrected chi connectivity index (χ4v) is 5.36. The van der Waals surface area contributed by atoms with Crippen molar-refractivity contribution in [3.8, 4) is 0 Å². The van der Waals surface area contributed by atoms with Crippen LogP contribution in [0, 0.1) is 0 Å².